The first kappa shape index (κ1) is 12.5. The number of rotatable bonds is 1. The van der Waals surface area contributed by atoms with Crippen molar-refractivity contribution in [1.29, 1.82) is 0 Å². The van der Waals surface area contributed by atoms with Crippen molar-refractivity contribution in [1.82, 2.24) is 4.90 Å². The molecule has 0 spiro atoms. The summed E-state index contributed by atoms with van der Waals surface area (Å²) in [7, 11) is 0. The second-order valence-electron chi connectivity index (χ2n) is 5.59. The van der Waals surface area contributed by atoms with Gasteiger partial charge in [-0.05, 0) is 59.9 Å². The van der Waals surface area contributed by atoms with Gasteiger partial charge in [-0.25, -0.2) is 0 Å². The first-order chi connectivity index (χ1) is 8.74. The van der Waals surface area contributed by atoms with Crippen LogP contribution in [-0.4, -0.2) is 37.1 Å². The molecule has 18 heavy (non-hydrogen) atoms. The number of anilines is 1. The Labute approximate surface area is 118 Å². The Kier molecular flexibility index (Phi) is 3.62. The molecule has 2 fully saturated rings. The fourth-order valence-corrected chi connectivity index (χ4v) is 3.74. The molecule has 1 unspecified atom stereocenters. The lowest BCUT2D eigenvalue weighted by Crippen LogP contribution is -2.55. The average molecular weight is 309 g/mol. The molecule has 1 aromatic carbocycles. The number of nitrogens with zero attached hydrogens (tertiary/aromatic N) is 2. The van der Waals surface area contributed by atoms with E-state index in [-0.39, 0.29) is 0 Å². The SMILES string of the molecule is Cc1ccc(Br)c(N2CCN3CCCCC3C2)c1. The summed E-state index contributed by atoms with van der Waals surface area (Å²) in [4.78, 5) is 5.24. The van der Waals surface area contributed by atoms with Gasteiger partial charge in [0.1, 0.15) is 0 Å². The maximum absolute atomic E-state index is 3.70. The number of hydrogen-bond acceptors (Lipinski definition) is 2. The molecule has 0 amide bonds. The van der Waals surface area contributed by atoms with Gasteiger partial charge in [0.15, 0.2) is 0 Å². The minimum absolute atomic E-state index is 0.778. The van der Waals surface area contributed by atoms with Crippen molar-refractivity contribution < 1.29 is 0 Å². The monoisotopic (exact) mass is 308 g/mol. The molecule has 3 heteroatoms. The highest BCUT2D eigenvalue weighted by molar-refractivity contribution is 9.10. The first-order valence-electron chi connectivity index (χ1n) is 6.99. The minimum Gasteiger partial charge on any atom is -0.368 e. The minimum atomic E-state index is 0.778. The van der Waals surface area contributed by atoms with Crippen LogP contribution in [0.15, 0.2) is 22.7 Å². The maximum atomic E-state index is 3.70. The smallest absolute Gasteiger partial charge is 0.0514 e. The van der Waals surface area contributed by atoms with Crippen LogP contribution in [0.1, 0.15) is 24.8 Å². The Balaban J connectivity index is 1.79. The van der Waals surface area contributed by atoms with Crippen molar-refractivity contribution >= 4 is 21.6 Å². The van der Waals surface area contributed by atoms with E-state index in [4.69, 9.17) is 0 Å². The van der Waals surface area contributed by atoms with Gasteiger partial charge in [-0.3, -0.25) is 4.90 Å². The summed E-state index contributed by atoms with van der Waals surface area (Å²) in [6.45, 7) is 7.08. The van der Waals surface area contributed by atoms with Gasteiger partial charge in [-0.15, -0.1) is 0 Å². The summed E-state index contributed by atoms with van der Waals surface area (Å²) in [6.07, 6.45) is 4.18. The van der Waals surface area contributed by atoms with Crippen LogP contribution in [0.4, 0.5) is 5.69 Å². The second kappa shape index (κ2) is 5.22. The van der Waals surface area contributed by atoms with Crippen LogP contribution < -0.4 is 4.90 Å². The molecular weight excluding hydrogens is 288 g/mol. The normalized spacial score (nSPS) is 25.0. The highest BCUT2D eigenvalue weighted by atomic mass is 79.9. The zero-order valence-electron chi connectivity index (χ0n) is 11.0. The van der Waals surface area contributed by atoms with Gasteiger partial charge in [0.05, 0.1) is 5.69 Å². The average Bonchev–Trinajstić information content (AvgIpc) is 2.41. The molecule has 0 aliphatic carbocycles. The van der Waals surface area contributed by atoms with Crippen molar-refractivity contribution in [2.24, 2.45) is 0 Å². The number of benzene rings is 1. The van der Waals surface area contributed by atoms with Crippen LogP contribution in [-0.2, 0) is 0 Å². The van der Waals surface area contributed by atoms with Crippen LogP contribution in [0, 0.1) is 6.92 Å². The molecular formula is C15H21BrN2. The number of piperazine rings is 1. The molecule has 2 nitrogen and oxygen atoms in total. The third kappa shape index (κ3) is 2.43. The van der Waals surface area contributed by atoms with Gasteiger partial charge < -0.3 is 4.90 Å². The number of piperidine rings is 1. The Morgan fingerprint density at radius 2 is 2.06 bits per heavy atom. The molecule has 2 heterocycles. The van der Waals surface area contributed by atoms with Gasteiger partial charge in [-0.1, -0.05) is 12.5 Å². The summed E-state index contributed by atoms with van der Waals surface area (Å²) in [5.41, 5.74) is 2.72. The Morgan fingerprint density at radius 1 is 1.17 bits per heavy atom. The fraction of sp³-hybridized carbons (Fsp3) is 0.600. The largest absolute Gasteiger partial charge is 0.368 e. The molecule has 98 valence electrons. The van der Waals surface area contributed by atoms with Crippen LogP contribution in [0.25, 0.3) is 0 Å². The van der Waals surface area contributed by atoms with Crippen molar-refractivity contribution in [3.8, 4) is 0 Å². The molecule has 1 atom stereocenters. The van der Waals surface area contributed by atoms with E-state index in [2.05, 4.69) is 50.9 Å². The summed E-state index contributed by atoms with van der Waals surface area (Å²) in [5, 5.41) is 0. The van der Waals surface area contributed by atoms with Crippen molar-refractivity contribution in [3.05, 3.63) is 28.2 Å². The van der Waals surface area contributed by atoms with E-state index in [1.807, 2.05) is 0 Å². The topological polar surface area (TPSA) is 6.48 Å². The molecule has 0 N–H and O–H groups in total. The molecule has 0 bridgehead atoms. The van der Waals surface area contributed by atoms with Gasteiger partial charge in [0, 0.05) is 30.1 Å². The van der Waals surface area contributed by atoms with Crippen LogP contribution >= 0.6 is 15.9 Å². The predicted molar refractivity (Wildman–Crippen MR) is 80.3 cm³/mol. The van der Waals surface area contributed by atoms with E-state index in [1.54, 1.807) is 0 Å². The molecule has 1 aromatic rings. The third-order valence-electron chi connectivity index (χ3n) is 4.28. The summed E-state index contributed by atoms with van der Waals surface area (Å²) in [6, 6.07) is 7.44. The van der Waals surface area contributed by atoms with Gasteiger partial charge in [-0.2, -0.15) is 0 Å². The lowest BCUT2D eigenvalue weighted by atomic mass is 9.99. The maximum Gasteiger partial charge on any atom is 0.0514 e. The zero-order chi connectivity index (χ0) is 12.5. The summed E-state index contributed by atoms with van der Waals surface area (Å²) in [5.74, 6) is 0. The van der Waals surface area contributed by atoms with Crippen LogP contribution in [0.2, 0.25) is 0 Å². The van der Waals surface area contributed by atoms with E-state index in [1.165, 1.54) is 61.2 Å². The molecule has 0 saturated carbocycles. The van der Waals surface area contributed by atoms with Gasteiger partial charge in [0.25, 0.3) is 0 Å². The summed E-state index contributed by atoms with van der Waals surface area (Å²) >= 11 is 3.70. The highest BCUT2D eigenvalue weighted by Crippen LogP contribution is 2.31. The first-order valence-corrected chi connectivity index (χ1v) is 7.78. The molecule has 0 aromatic heterocycles. The molecule has 2 aliphatic rings. The third-order valence-corrected chi connectivity index (χ3v) is 4.95. The Morgan fingerprint density at radius 3 is 2.94 bits per heavy atom. The number of aryl methyl sites for hydroxylation is 1. The van der Waals surface area contributed by atoms with E-state index < -0.39 is 0 Å². The van der Waals surface area contributed by atoms with Crippen LogP contribution in [0.5, 0.6) is 0 Å². The second-order valence-corrected chi connectivity index (χ2v) is 6.44. The number of halogens is 1. The lowest BCUT2D eigenvalue weighted by molar-refractivity contribution is 0.133. The Bertz CT molecular complexity index is 433. The van der Waals surface area contributed by atoms with Gasteiger partial charge >= 0.3 is 0 Å². The fourth-order valence-electron chi connectivity index (χ4n) is 3.24. The quantitative estimate of drug-likeness (QED) is 0.784. The summed E-state index contributed by atoms with van der Waals surface area (Å²) < 4.78 is 1.23. The molecule has 2 saturated heterocycles. The zero-order valence-corrected chi connectivity index (χ0v) is 12.6. The van der Waals surface area contributed by atoms with E-state index in [0.29, 0.717) is 0 Å². The molecule has 0 radical (unpaired) electrons. The lowest BCUT2D eigenvalue weighted by Gasteiger charge is -2.45. The van der Waals surface area contributed by atoms with Crippen LogP contribution in [0.3, 0.4) is 0 Å². The van der Waals surface area contributed by atoms with Gasteiger partial charge in [0.2, 0.25) is 0 Å². The standard InChI is InChI=1S/C15H21BrN2/c1-12-5-6-14(16)15(10-12)18-9-8-17-7-3-2-4-13(17)11-18/h5-6,10,13H,2-4,7-9,11H2,1H3. The molecule has 3 rings (SSSR count). The highest BCUT2D eigenvalue weighted by Gasteiger charge is 2.29. The van der Waals surface area contributed by atoms with E-state index in [0.717, 1.165) is 6.04 Å². The molecule has 2 aliphatic heterocycles. The predicted octanol–water partition coefficient (Wildman–Crippen LogP) is 3.43. The van der Waals surface area contributed by atoms with Crippen molar-refractivity contribution in [2.75, 3.05) is 31.1 Å². The van der Waals surface area contributed by atoms with E-state index >= 15 is 0 Å². The van der Waals surface area contributed by atoms with Crippen molar-refractivity contribution in [2.45, 2.75) is 32.2 Å². The van der Waals surface area contributed by atoms with E-state index in [9.17, 15) is 0 Å². The Hall–Kier alpha value is -0.540. The van der Waals surface area contributed by atoms with Crippen molar-refractivity contribution in [3.63, 3.8) is 0 Å². The number of hydrogen-bond donors (Lipinski definition) is 0. The number of fused-ring (bicyclic) bond motifs is 1.